The van der Waals surface area contributed by atoms with Crippen LogP contribution >= 0.6 is 0 Å². The van der Waals surface area contributed by atoms with Gasteiger partial charge in [0.1, 0.15) is 23.3 Å². The zero-order valence-corrected chi connectivity index (χ0v) is 18.6. The van der Waals surface area contributed by atoms with Gasteiger partial charge in [-0.3, -0.25) is 9.59 Å². The molecule has 1 aliphatic rings. The predicted molar refractivity (Wildman–Crippen MR) is 112 cm³/mol. The van der Waals surface area contributed by atoms with Gasteiger partial charge >= 0.3 is 6.09 Å². The molecule has 178 valence electrons. The summed E-state index contributed by atoms with van der Waals surface area (Å²) in [5, 5.41) is 12.5. The van der Waals surface area contributed by atoms with Crippen LogP contribution in [0.15, 0.2) is 18.2 Å². The number of likely N-dealkylation sites (tertiary alicyclic amines) is 1. The van der Waals surface area contributed by atoms with Crippen LogP contribution in [-0.2, 0) is 20.9 Å². The lowest BCUT2D eigenvalue weighted by Gasteiger charge is -2.37. The van der Waals surface area contributed by atoms with Crippen molar-refractivity contribution in [2.75, 3.05) is 19.6 Å². The molecule has 0 spiro atoms. The summed E-state index contributed by atoms with van der Waals surface area (Å²) in [6.45, 7) is 6.29. The molecule has 1 heterocycles. The summed E-state index contributed by atoms with van der Waals surface area (Å²) in [4.78, 5) is 38.9. The summed E-state index contributed by atoms with van der Waals surface area (Å²) in [5.74, 6) is -2.21. The van der Waals surface area contributed by atoms with Crippen LogP contribution in [0.25, 0.3) is 0 Å². The number of amides is 3. The van der Waals surface area contributed by atoms with E-state index in [2.05, 4.69) is 5.32 Å². The monoisotopic (exact) mass is 455 g/mol. The van der Waals surface area contributed by atoms with Crippen LogP contribution in [0.5, 0.6) is 0 Å². The summed E-state index contributed by atoms with van der Waals surface area (Å²) in [6, 6.07) is 2.80. The molecule has 0 radical (unpaired) electrons. The largest absolute Gasteiger partial charge is 0.444 e. The Kier molecular flexibility index (Phi) is 8.94. The van der Waals surface area contributed by atoms with E-state index in [1.54, 1.807) is 25.7 Å². The fourth-order valence-electron chi connectivity index (χ4n) is 3.45. The summed E-state index contributed by atoms with van der Waals surface area (Å²) < 4.78 is 31.8. The fourth-order valence-corrected chi connectivity index (χ4v) is 3.45. The number of nitrogens with zero attached hydrogens (tertiary/aromatic N) is 2. The number of nitrogens with one attached hydrogen (secondary N) is 1. The van der Waals surface area contributed by atoms with Crippen molar-refractivity contribution in [3.8, 4) is 0 Å². The van der Waals surface area contributed by atoms with Gasteiger partial charge in [0, 0.05) is 38.3 Å². The number of benzene rings is 1. The van der Waals surface area contributed by atoms with Gasteiger partial charge in [0.15, 0.2) is 0 Å². The van der Waals surface area contributed by atoms with E-state index in [1.807, 2.05) is 0 Å². The third-order valence-corrected chi connectivity index (χ3v) is 5.07. The van der Waals surface area contributed by atoms with Gasteiger partial charge in [-0.25, -0.2) is 13.6 Å². The Hall–Kier alpha value is -2.75. The van der Waals surface area contributed by atoms with Gasteiger partial charge in [-0.05, 0) is 57.7 Å². The highest BCUT2D eigenvalue weighted by Gasteiger charge is 2.29. The Balaban J connectivity index is 1.77. The van der Waals surface area contributed by atoms with E-state index < -0.39 is 29.2 Å². The Morgan fingerprint density at radius 3 is 2.38 bits per heavy atom. The van der Waals surface area contributed by atoms with E-state index in [0.717, 1.165) is 18.2 Å². The van der Waals surface area contributed by atoms with Crippen molar-refractivity contribution in [3.63, 3.8) is 0 Å². The third-order valence-electron chi connectivity index (χ3n) is 5.07. The van der Waals surface area contributed by atoms with Crippen LogP contribution in [-0.4, -0.2) is 70.7 Å². The van der Waals surface area contributed by atoms with Crippen LogP contribution in [0, 0.1) is 11.6 Å². The molecule has 2 rings (SSSR count). The second kappa shape index (κ2) is 11.2. The standard InChI is InChI=1S/C22H31F2N3O5/c1-22(2,3)32-21(31)26-7-4-18(5-8-26)27(14-28)9-6-19(29)20(30)25-13-15-10-16(23)12-17(24)11-15/h10-12,14,18-19,29H,4-9,13H2,1-3H3,(H,25,30). The van der Waals surface area contributed by atoms with Crippen molar-refractivity contribution >= 4 is 18.4 Å². The zero-order chi connectivity index (χ0) is 23.9. The van der Waals surface area contributed by atoms with E-state index >= 15 is 0 Å². The maximum absolute atomic E-state index is 13.2. The second-order valence-electron chi connectivity index (χ2n) is 8.84. The highest BCUT2D eigenvalue weighted by atomic mass is 19.1. The van der Waals surface area contributed by atoms with Gasteiger partial charge in [-0.15, -0.1) is 0 Å². The molecule has 1 aromatic rings. The first kappa shape index (κ1) is 25.5. The topological polar surface area (TPSA) is 99.2 Å². The molecule has 0 aromatic heterocycles. The van der Waals surface area contributed by atoms with Crippen LogP contribution in [0.2, 0.25) is 0 Å². The summed E-state index contributed by atoms with van der Waals surface area (Å²) in [7, 11) is 0. The molecular formula is C22H31F2N3O5. The highest BCUT2D eigenvalue weighted by Crippen LogP contribution is 2.19. The van der Waals surface area contributed by atoms with Gasteiger partial charge in [0.2, 0.25) is 12.3 Å². The number of hydrogen-bond acceptors (Lipinski definition) is 5. The average Bonchev–Trinajstić information content (AvgIpc) is 2.70. The highest BCUT2D eigenvalue weighted by molar-refractivity contribution is 5.80. The smallest absolute Gasteiger partial charge is 0.410 e. The fraction of sp³-hybridized carbons (Fsp3) is 0.591. The van der Waals surface area contributed by atoms with E-state index in [-0.39, 0.29) is 37.2 Å². The van der Waals surface area contributed by atoms with Crippen LogP contribution in [0.4, 0.5) is 13.6 Å². The first-order valence-electron chi connectivity index (χ1n) is 10.6. The number of rotatable bonds is 8. The van der Waals surface area contributed by atoms with Gasteiger partial charge in [0.05, 0.1) is 0 Å². The number of halogens is 2. The molecule has 1 aliphatic heterocycles. The minimum Gasteiger partial charge on any atom is -0.444 e. The Bertz CT molecular complexity index is 787. The normalized spacial score (nSPS) is 15.8. The molecule has 1 fully saturated rings. The van der Waals surface area contributed by atoms with Crippen LogP contribution < -0.4 is 5.32 Å². The van der Waals surface area contributed by atoms with Crippen molar-refractivity contribution in [1.82, 2.24) is 15.1 Å². The quantitative estimate of drug-likeness (QED) is 0.586. The van der Waals surface area contributed by atoms with Crippen molar-refractivity contribution in [1.29, 1.82) is 0 Å². The average molecular weight is 456 g/mol. The molecule has 0 saturated carbocycles. The molecule has 10 heteroatoms. The first-order chi connectivity index (χ1) is 15.0. The number of carbonyl (C=O) groups excluding carboxylic acids is 3. The van der Waals surface area contributed by atoms with E-state index in [1.165, 1.54) is 4.90 Å². The lowest BCUT2D eigenvalue weighted by atomic mass is 10.0. The number of aliphatic hydroxyl groups excluding tert-OH is 1. The zero-order valence-electron chi connectivity index (χ0n) is 18.6. The predicted octanol–water partition coefficient (Wildman–Crippen LogP) is 2.19. The number of aliphatic hydroxyl groups is 1. The second-order valence-corrected chi connectivity index (χ2v) is 8.84. The van der Waals surface area contributed by atoms with Crippen LogP contribution in [0.1, 0.15) is 45.6 Å². The lowest BCUT2D eigenvalue weighted by Crippen LogP contribution is -2.48. The summed E-state index contributed by atoms with van der Waals surface area (Å²) >= 11 is 0. The first-order valence-corrected chi connectivity index (χ1v) is 10.6. The van der Waals surface area contributed by atoms with Crippen molar-refractivity contribution in [2.24, 2.45) is 0 Å². The maximum atomic E-state index is 13.2. The van der Waals surface area contributed by atoms with Gasteiger partial charge < -0.3 is 25.0 Å². The number of carbonyl (C=O) groups is 3. The van der Waals surface area contributed by atoms with Crippen molar-refractivity contribution < 1.29 is 33.0 Å². The molecule has 8 nitrogen and oxygen atoms in total. The number of hydrogen-bond donors (Lipinski definition) is 2. The van der Waals surface area contributed by atoms with Crippen LogP contribution in [0.3, 0.4) is 0 Å². The number of piperidine rings is 1. The minimum atomic E-state index is -1.38. The Morgan fingerprint density at radius 2 is 1.84 bits per heavy atom. The molecule has 3 amide bonds. The van der Waals surface area contributed by atoms with E-state index in [0.29, 0.717) is 32.3 Å². The molecule has 0 aliphatic carbocycles. The van der Waals surface area contributed by atoms with Crippen molar-refractivity contribution in [2.45, 2.75) is 64.3 Å². The lowest BCUT2D eigenvalue weighted by molar-refractivity contribution is -0.131. The van der Waals surface area contributed by atoms with E-state index in [4.69, 9.17) is 4.74 Å². The molecule has 32 heavy (non-hydrogen) atoms. The number of ether oxygens (including phenoxy) is 1. The Labute approximate surface area is 186 Å². The van der Waals surface area contributed by atoms with Gasteiger partial charge in [-0.2, -0.15) is 0 Å². The molecule has 1 saturated heterocycles. The molecule has 1 atom stereocenters. The SMILES string of the molecule is CC(C)(C)OC(=O)N1CCC(N(C=O)CCC(O)C(=O)NCc2cc(F)cc(F)c2)CC1. The third kappa shape index (κ3) is 8.07. The Morgan fingerprint density at radius 1 is 1.25 bits per heavy atom. The molecular weight excluding hydrogens is 424 g/mol. The maximum Gasteiger partial charge on any atom is 0.410 e. The minimum absolute atomic E-state index is 0.00830. The van der Waals surface area contributed by atoms with E-state index in [9.17, 15) is 28.3 Å². The molecule has 2 N–H and O–H groups in total. The molecule has 1 aromatic carbocycles. The summed E-state index contributed by atoms with van der Waals surface area (Å²) in [6.07, 6.45) is 0.0376. The van der Waals surface area contributed by atoms with Gasteiger partial charge in [-0.1, -0.05) is 0 Å². The molecule has 1 unspecified atom stereocenters. The molecule has 0 bridgehead atoms. The summed E-state index contributed by atoms with van der Waals surface area (Å²) in [5.41, 5.74) is -0.350. The van der Waals surface area contributed by atoms with Crippen molar-refractivity contribution in [3.05, 3.63) is 35.4 Å². The van der Waals surface area contributed by atoms with Gasteiger partial charge in [0.25, 0.3) is 0 Å².